The Morgan fingerprint density at radius 3 is 2.46 bits per heavy atom. The minimum Gasteiger partial charge on any atom is -0.273 e. The Morgan fingerprint density at radius 2 is 1.81 bits per heavy atom. The summed E-state index contributed by atoms with van der Waals surface area (Å²) in [5.41, 5.74) is 9.75. The van der Waals surface area contributed by atoms with Crippen molar-refractivity contribution in [2.75, 3.05) is 0 Å². The molecule has 0 radical (unpaired) electrons. The molecule has 4 heteroatoms. The molecule has 0 aromatic heterocycles. The van der Waals surface area contributed by atoms with Crippen molar-refractivity contribution < 1.29 is 26.2 Å². The molecular formula is C22H19Cl2NZr. The summed E-state index contributed by atoms with van der Waals surface area (Å²) in [4.78, 5) is 4.79. The number of aliphatic imine (C=N–C) groups is 1. The largest absolute Gasteiger partial charge is 2.00 e. The van der Waals surface area contributed by atoms with Crippen molar-refractivity contribution in [2.24, 2.45) is 4.99 Å². The molecule has 0 N–H and O–H groups in total. The van der Waals surface area contributed by atoms with Gasteiger partial charge in [0.25, 0.3) is 0 Å². The number of hydrogen-bond acceptors (Lipinski definition) is 1. The van der Waals surface area contributed by atoms with Gasteiger partial charge in [0.15, 0.2) is 0 Å². The number of halogens is 2. The van der Waals surface area contributed by atoms with Gasteiger partial charge in [-0.05, 0) is 17.2 Å². The van der Waals surface area contributed by atoms with Crippen molar-refractivity contribution >= 4 is 47.4 Å². The second-order valence-corrected chi connectivity index (χ2v) is 5.95. The van der Waals surface area contributed by atoms with Gasteiger partial charge in [0.2, 0.25) is 0 Å². The molecule has 130 valence electrons. The standard InChI is InChI=1S/C17H12N.C5H5.2ClH.Zr/c1-10-7-8-12-11(2)16-13-5-3-4-6-15(13)18-17(16)14(12)9-10;1-2-4-5-3-1;;;/h3-7,9H,1-2H3;1-3H,4H2;2*1H;/q2*-1;;;+2. The Labute approximate surface area is 187 Å². The van der Waals surface area contributed by atoms with Crippen molar-refractivity contribution in [1.29, 1.82) is 0 Å². The monoisotopic (exact) mass is 457 g/mol. The average molecular weight is 460 g/mol. The number of hydrogen-bond donors (Lipinski definition) is 0. The van der Waals surface area contributed by atoms with E-state index in [4.69, 9.17) is 4.99 Å². The molecule has 0 atom stereocenters. The molecule has 0 bridgehead atoms. The van der Waals surface area contributed by atoms with Gasteiger partial charge in [-0.2, -0.15) is 6.08 Å². The van der Waals surface area contributed by atoms with Gasteiger partial charge in [-0.3, -0.25) is 11.1 Å². The van der Waals surface area contributed by atoms with Crippen LogP contribution in [0.1, 0.15) is 35.6 Å². The number of fused-ring (bicyclic) bond motifs is 5. The van der Waals surface area contributed by atoms with E-state index in [-0.39, 0.29) is 51.0 Å². The quantitative estimate of drug-likeness (QED) is 0.409. The van der Waals surface area contributed by atoms with Crippen LogP contribution in [0.15, 0.2) is 59.6 Å². The maximum Gasteiger partial charge on any atom is 2.00 e. The Kier molecular flexibility index (Phi) is 8.47. The summed E-state index contributed by atoms with van der Waals surface area (Å²) in [6.07, 6.45) is 10.0. The van der Waals surface area contributed by atoms with Crippen LogP contribution in [0.3, 0.4) is 0 Å². The van der Waals surface area contributed by atoms with E-state index in [0.717, 1.165) is 17.8 Å². The zero-order chi connectivity index (χ0) is 15.8. The van der Waals surface area contributed by atoms with Crippen LogP contribution < -0.4 is 0 Å². The molecule has 0 amide bonds. The third-order valence-electron chi connectivity index (χ3n) is 4.32. The fourth-order valence-electron chi connectivity index (χ4n) is 3.23. The fourth-order valence-corrected chi connectivity index (χ4v) is 3.23. The summed E-state index contributed by atoms with van der Waals surface area (Å²) in [5, 5.41) is 0. The number of benzene rings is 2. The molecular weight excluding hydrogens is 440 g/mol. The molecule has 0 fully saturated rings. The van der Waals surface area contributed by atoms with E-state index in [1.54, 1.807) is 0 Å². The van der Waals surface area contributed by atoms with Crippen LogP contribution in [-0.2, 0) is 26.2 Å². The maximum absolute atomic E-state index is 4.79. The topological polar surface area (TPSA) is 12.4 Å². The predicted molar refractivity (Wildman–Crippen MR) is 111 cm³/mol. The first-order valence-electron chi connectivity index (χ1n) is 7.90. The Morgan fingerprint density at radius 1 is 1.04 bits per heavy atom. The number of para-hydroxylation sites is 1. The Balaban J connectivity index is 0.000000372. The summed E-state index contributed by atoms with van der Waals surface area (Å²) in [5.74, 6) is 0. The summed E-state index contributed by atoms with van der Waals surface area (Å²) in [6.45, 7) is 4.28. The van der Waals surface area contributed by atoms with E-state index in [1.807, 2.05) is 18.2 Å². The van der Waals surface area contributed by atoms with Crippen LogP contribution in [-0.4, -0.2) is 5.71 Å². The minimum absolute atomic E-state index is 0. The molecule has 1 nitrogen and oxygen atoms in total. The van der Waals surface area contributed by atoms with Crippen molar-refractivity contribution in [3.05, 3.63) is 89.0 Å². The molecule has 3 aliphatic rings. The van der Waals surface area contributed by atoms with Crippen LogP contribution >= 0.6 is 24.8 Å². The first-order valence-corrected chi connectivity index (χ1v) is 7.90. The van der Waals surface area contributed by atoms with E-state index in [1.165, 1.54) is 33.4 Å². The maximum atomic E-state index is 4.79. The van der Waals surface area contributed by atoms with Crippen LogP contribution in [0.5, 0.6) is 0 Å². The Hall–Kier alpha value is -1.21. The van der Waals surface area contributed by atoms with Crippen molar-refractivity contribution in [3.63, 3.8) is 0 Å². The van der Waals surface area contributed by atoms with Crippen LogP contribution in [0, 0.1) is 19.1 Å². The van der Waals surface area contributed by atoms with Gasteiger partial charge in [-0.1, -0.05) is 37.6 Å². The van der Waals surface area contributed by atoms with E-state index in [2.05, 4.69) is 62.4 Å². The van der Waals surface area contributed by atoms with Crippen molar-refractivity contribution in [2.45, 2.75) is 20.3 Å². The van der Waals surface area contributed by atoms with Gasteiger partial charge in [-0.15, -0.1) is 66.1 Å². The number of rotatable bonds is 0. The predicted octanol–water partition coefficient (Wildman–Crippen LogP) is 6.32. The average Bonchev–Trinajstić information content (AvgIpc) is 3.28. The summed E-state index contributed by atoms with van der Waals surface area (Å²) in [7, 11) is 0. The molecule has 1 heterocycles. The van der Waals surface area contributed by atoms with Crippen LogP contribution in [0.2, 0.25) is 0 Å². The molecule has 2 aromatic rings. The first kappa shape index (κ1) is 22.8. The number of allylic oxidation sites excluding steroid dienone is 6. The zero-order valence-electron chi connectivity index (χ0n) is 14.7. The molecule has 0 saturated carbocycles. The molecule has 5 rings (SSSR count). The van der Waals surface area contributed by atoms with Crippen molar-refractivity contribution in [3.8, 4) is 0 Å². The summed E-state index contributed by atoms with van der Waals surface area (Å²) < 4.78 is 0. The van der Waals surface area contributed by atoms with E-state index in [9.17, 15) is 0 Å². The molecule has 1 aliphatic heterocycles. The zero-order valence-corrected chi connectivity index (χ0v) is 18.8. The van der Waals surface area contributed by atoms with Gasteiger partial charge in [0.05, 0.1) is 5.69 Å². The van der Waals surface area contributed by atoms with E-state index in [0.29, 0.717) is 0 Å². The van der Waals surface area contributed by atoms with Gasteiger partial charge < -0.3 is 0 Å². The first-order chi connectivity index (χ1) is 11.3. The number of aryl methyl sites for hydroxylation is 1. The summed E-state index contributed by atoms with van der Waals surface area (Å²) >= 11 is 0. The minimum atomic E-state index is 0. The van der Waals surface area contributed by atoms with Gasteiger partial charge >= 0.3 is 26.2 Å². The smallest absolute Gasteiger partial charge is 0.273 e. The van der Waals surface area contributed by atoms with Crippen LogP contribution in [0.25, 0.3) is 11.1 Å². The molecule has 0 unspecified atom stereocenters. The molecule has 0 spiro atoms. The van der Waals surface area contributed by atoms with Gasteiger partial charge in [0, 0.05) is 5.71 Å². The van der Waals surface area contributed by atoms with E-state index >= 15 is 0 Å². The molecule has 2 aliphatic carbocycles. The normalized spacial score (nSPS) is 14.0. The number of nitrogens with zero attached hydrogens (tertiary/aromatic N) is 1. The van der Waals surface area contributed by atoms with Crippen LogP contribution in [0.4, 0.5) is 5.69 Å². The summed E-state index contributed by atoms with van der Waals surface area (Å²) in [6, 6.07) is 16.0. The SMILES string of the molecule is CC1=C2C(=Nc3ccccc32)c2cc(C)c[c-]c21.Cl.Cl.[C-]1=CC=CC1.[Zr+2]. The molecule has 2 aromatic carbocycles. The van der Waals surface area contributed by atoms with Gasteiger partial charge in [0.1, 0.15) is 0 Å². The van der Waals surface area contributed by atoms with E-state index < -0.39 is 0 Å². The van der Waals surface area contributed by atoms with Crippen molar-refractivity contribution in [1.82, 2.24) is 0 Å². The molecule has 26 heavy (non-hydrogen) atoms. The second kappa shape index (κ2) is 9.65. The third kappa shape index (κ3) is 4.04. The van der Waals surface area contributed by atoms with Gasteiger partial charge in [-0.25, -0.2) is 12.2 Å². The third-order valence-corrected chi connectivity index (χ3v) is 4.32. The fraction of sp³-hybridized carbons (Fsp3) is 0.136. The second-order valence-electron chi connectivity index (χ2n) is 5.95. The molecule has 0 saturated heterocycles. The Bertz CT molecular complexity index is 913.